The monoisotopic (exact) mass is 300 g/mol. The number of anilines is 1. The standard InChI is InChI=1S/C15H12N2O5/c1-9-6-11(17(19)20)3-4-12(9)16-15(18)10-2-5-13-14(7-10)22-8-21-13/h2-7H,8H2,1H3,(H,16,18). The Kier molecular flexibility index (Phi) is 3.38. The number of nitrogens with zero attached hydrogens (tertiary/aromatic N) is 1. The van der Waals surface area contributed by atoms with Gasteiger partial charge in [0.2, 0.25) is 6.79 Å². The Hall–Kier alpha value is -3.09. The Bertz CT molecular complexity index is 773. The quantitative estimate of drug-likeness (QED) is 0.695. The van der Waals surface area contributed by atoms with Crippen LogP contribution in [-0.4, -0.2) is 17.6 Å². The Balaban J connectivity index is 1.81. The van der Waals surface area contributed by atoms with Crippen molar-refractivity contribution < 1.29 is 19.2 Å². The highest BCUT2D eigenvalue weighted by Crippen LogP contribution is 2.32. The molecule has 0 fully saturated rings. The number of carbonyl (C=O) groups is 1. The van der Waals surface area contributed by atoms with Crippen molar-refractivity contribution in [1.29, 1.82) is 0 Å². The molecular weight excluding hydrogens is 288 g/mol. The van der Waals surface area contributed by atoms with Crippen LogP contribution in [0.5, 0.6) is 11.5 Å². The zero-order chi connectivity index (χ0) is 15.7. The SMILES string of the molecule is Cc1cc([N+](=O)[O-])ccc1NC(=O)c1ccc2c(c1)OCO2. The molecule has 0 radical (unpaired) electrons. The lowest BCUT2D eigenvalue weighted by Crippen LogP contribution is -2.12. The van der Waals surface area contributed by atoms with Crippen molar-refractivity contribution in [3.63, 3.8) is 0 Å². The number of benzene rings is 2. The van der Waals surface area contributed by atoms with Gasteiger partial charge in [-0.15, -0.1) is 0 Å². The van der Waals surface area contributed by atoms with Crippen LogP contribution < -0.4 is 14.8 Å². The number of ether oxygens (including phenoxy) is 2. The minimum absolute atomic E-state index is 0.0152. The summed E-state index contributed by atoms with van der Waals surface area (Å²) < 4.78 is 10.4. The molecule has 1 aliphatic rings. The van der Waals surface area contributed by atoms with Gasteiger partial charge in [0.05, 0.1) is 4.92 Å². The molecular formula is C15H12N2O5. The van der Waals surface area contributed by atoms with Crippen molar-refractivity contribution in [2.45, 2.75) is 6.92 Å². The molecule has 0 unspecified atom stereocenters. The first-order valence-corrected chi connectivity index (χ1v) is 6.50. The summed E-state index contributed by atoms with van der Waals surface area (Å²) in [6.07, 6.45) is 0. The Labute approximate surface area is 125 Å². The maximum Gasteiger partial charge on any atom is 0.269 e. The van der Waals surface area contributed by atoms with Gasteiger partial charge in [-0.2, -0.15) is 0 Å². The molecule has 112 valence electrons. The largest absolute Gasteiger partial charge is 0.454 e. The third kappa shape index (κ3) is 2.56. The lowest BCUT2D eigenvalue weighted by atomic mass is 10.1. The van der Waals surface area contributed by atoms with Crippen molar-refractivity contribution in [3.8, 4) is 11.5 Å². The lowest BCUT2D eigenvalue weighted by Gasteiger charge is -2.08. The van der Waals surface area contributed by atoms with Crippen molar-refractivity contribution >= 4 is 17.3 Å². The number of nitro benzene ring substituents is 1. The number of nitro groups is 1. The topological polar surface area (TPSA) is 90.7 Å². The number of hydrogen-bond acceptors (Lipinski definition) is 5. The highest BCUT2D eigenvalue weighted by molar-refractivity contribution is 6.05. The third-order valence-corrected chi connectivity index (χ3v) is 3.30. The third-order valence-electron chi connectivity index (χ3n) is 3.30. The Morgan fingerprint density at radius 3 is 2.68 bits per heavy atom. The molecule has 1 amide bonds. The number of carbonyl (C=O) groups excluding carboxylic acids is 1. The van der Waals surface area contributed by atoms with E-state index >= 15 is 0 Å². The molecule has 0 atom stereocenters. The van der Waals surface area contributed by atoms with E-state index in [0.29, 0.717) is 28.3 Å². The number of rotatable bonds is 3. The molecule has 22 heavy (non-hydrogen) atoms. The number of nitrogens with one attached hydrogen (secondary N) is 1. The van der Waals surface area contributed by atoms with Gasteiger partial charge in [0.15, 0.2) is 11.5 Å². The molecule has 0 aliphatic carbocycles. The van der Waals surface area contributed by atoms with E-state index in [1.54, 1.807) is 25.1 Å². The zero-order valence-corrected chi connectivity index (χ0v) is 11.7. The van der Waals surface area contributed by atoms with Gasteiger partial charge in [0, 0.05) is 23.4 Å². The van der Waals surface area contributed by atoms with Crippen molar-refractivity contribution in [1.82, 2.24) is 0 Å². The van der Waals surface area contributed by atoms with E-state index in [9.17, 15) is 14.9 Å². The summed E-state index contributed by atoms with van der Waals surface area (Å²) in [6.45, 7) is 1.84. The van der Waals surface area contributed by atoms with Crippen molar-refractivity contribution in [2.24, 2.45) is 0 Å². The van der Waals surface area contributed by atoms with E-state index in [1.807, 2.05) is 0 Å². The molecule has 0 aromatic heterocycles. The molecule has 0 saturated carbocycles. The van der Waals surface area contributed by atoms with Gasteiger partial charge in [0.1, 0.15) is 0 Å². The van der Waals surface area contributed by atoms with Crippen LogP contribution in [0.25, 0.3) is 0 Å². The number of non-ortho nitro benzene ring substituents is 1. The first-order chi connectivity index (χ1) is 10.5. The Morgan fingerprint density at radius 2 is 1.95 bits per heavy atom. The van der Waals surface area contributed by atoms with Crippen molar-refractivity contribution in [3.05, 3.63) is 57.6 Å². The normalized spacial score (nSPS) is 12.0. The molecule has 1 N–H and O–H groups in total. The number of fused-ring (bicyclic) bond motifs is 1. The summed E-state index contributed by atoms with van der Waals surface area (Å²) >= 11 is 0. The fraction of sp³-hybridized carbons (Fsp3) is 0.133. The molecule has 1 heterocycles. The van der Waals surface area contributed by atoms with Gasteiger partial charge < -0.3 is 14.8 Å². The van der Waals surface area contributed by atoms with Gasteiger partial charge in [-0.1, -0.05) is 0 Å². The fourth-order valence-electron chi connectivity index (χ4n) is 2.13. The summed E-state index contributed by atoms with van der Waals surface area (Å²) in [5, 5.41) is 13.4. The highest BCUT2D eigenvalue weighted by Gasteiger charge is 2.17. The zero-order valence-electron chi connectivity index (χ0n) is 11.7. The van der Waals surface area contributed by atoms with Crippen LogP contribution in [0.3, 0.4) is 0 Å². The first-order valence-electron chi connectivity index (χ1n) is 6.50. The highest BCUT2D eigenvalue weighted by atomic mass is 16.7. The molecule has 3 rings (SSSR count). The van der Waals surface area contributed by atoms with Gasteiger partial charge in [-0.05, 0) is 36.8 Å². The minimum Gasteiger partial charge on any atom is -0.454 e. The van der Waals surface area contributed by atoms with Crippen LogP contribution in [0.1, 0.15) is 15.9 Å². The lowest BCUT2D eigenvalue weighted by molar-refractivity contribution is -0.384. The maximum absolute atomic E-state index is 12.2. The second-order valence-corrected chi connectivity index (χ2v) is 4.78. The van der Waals surface area contributed by atoms with Crippen LogP contribution in [0.15, 0.2) is 36.4 Å². The van der Waals surface area contributed by atoms with E-state index in [1.165, 1.54) is 18.2 Å². The van der Waals surface area contributed by atoms with Crippen LogP contribution in [0.4, 0.5) is 11.4 Å². The number of aryl methyl sites for hydroxylation is 1. The predicted molar refractivity (Wildman–Crippen MR) is 78.4 cm³/mol. The van der Waals surface area contributed by atoms with E-state index < -0.39 is 4.92 Å². The van der Waals surface area contributed by atoms with Crippen LogP contribution in [0, 0.1) is 17.0 Å². The van der Waals surface area contributed by atoms with E-state index in [4.69, 9.17) is 9.47 Å². The summed E-state index contributed by atoms with van der Waals surface area (Å²) in [4.78, 5) is 22.5. The van der Waals surface area contributed by atoms with E-state index in [-0.39, 0.29) is 18.4 Å². The van der Waals surface area contributed by atoms with E-state index in [0.717, 1.165) is 0 Å². The van der Waals surface area contributed by atoms with Gasteiger partial charge in [-0.3, -0.25) is 14.9 Å². The van der Waals surface area contributed by atoms with Crippen LogP contribution in [0.2, 0.25) is 0 Å². The second-order valence-electron chi connectivity index (χ2n) is 4.78. The maximum atomic E-state index is 12.2. The summed E-state index contributed by atoms with van der Waals surface area (Å²) in [7, 11) is 0. The smallest absolute Gasteiger partial charge is 0.269 e. The fourth-order valence-corrected chi connectivity index (χ4v) is 2.13. The van der Waals surface area contributed by atoms with Gasteiger partial charge >= 0.3 is 0 Å². The molecule has 0 spiro atoms. The molecule has 7 heteroatoms. The molecule has 2 aromatic rings. The van der Waals surface area contributed by atoms with Gasteiger partial charge in [-0.25, -0.2) is 0 Å². The molecule has 0 saturated heterocycles. The Morgan fingerprint density at radius 1 is 1.18 bits per heavy atom. The van der Waals surface area contributed by atoms with Crippen molar-refractivity contribution in [2.75, 3.05) is 12.1 Å². The average molecular weight is 300 g/mol. The van der Waals surface area contributed by atoms with Crippen LogP contribution >= 0.6 is 0 Å². The second kappa shape index (κ2) is 5.36. The average Bonchev–Trinajstić information content (AvgIpc) is 2.96. The van der Waals surface area contributed by atoms with Crippen LogP contribution in [-0.2, 0) is 0 Å². The first kappa shape index (κ1) is 13.9. The minimum atomic E-state index is -0.476. The van der Waals surface area contributed by atoms with E-state index in [2.05, 4.69) is 5.32 Å². The molecule has 0 bridgehead atoms. The number of hydrogen-bond donors (Lipinski definition) is 1. The summed E-state index contributed by atoms with van der Waals surface area (Å²) in [5.41, 5.74) is 1.54. The predicted octanol–water partition coefficient (Wildman–Crippen LogP) is 2.88. The molecule has 7 nitrogen and oxygen atoms in total. The summed E-state index contributed by atoms with van der Waals surface area (Å²) in [6, 6.07) is 9.16. The molecule has 2 aromatic carbocycles. The number of amides is 1. The summed E-state index contributed by atoms with van der Waals surface area (Å²) in [5.74, 6) is 0.798. The molecule has 1 aliphatic heterocycles. The van der Waals surface area contributed by atoms with Gasteiger partial charge in [0.25, 0.3) is 11.6 Å².